The van der Waals surface area contributed by atoms with E-state index >= 15 is 0 Å². The maximum atomic E-state index is 13.0. The minimum absolute atomic E-state index is 0.245. The number of hydrogen-bond acceptors (Lipinski definition) is 5. The molecule has 1 fully saturated rings. The third kappa shape index (κ3) is 2.20. The fraction of sp³-hybridized carbons (Fsp3) is 0.583. The van der Waals surface area contributed by atoms with Crippen LogP contribution in [0.4, 0.5) is 14.6 Å². The standard InChI is InChI=1S/C12H16F2N6/c1-2-20-11-8(19-12(20)9(13)14)10(16-6-17-11)18-7-3-4-15-5-7/h6-7,9,15H,2-5H2,1H3,(H,16,17,18)/t7-/m0/s1. The molecular weight excluding hydrogens is 266 g/mol. The highest BCUT2D eigenvalue weighted by atomic mass is 19.3. The molecule has 0 bridgehead atoms. The first-order chi connectivity index (χ1) is 9.70. The van der Waals surface area contributed by atoms with E-state index in [9.17, 15) is 8.78 Å². The van der Waals surface area contributed by atoms with Crippen LogP contribution in [0.15, 0.2) is 6.33 Å². The van der Waals surface area contributed by atoms with Crippen molar-refractivity contribution < 1.29 is 8.78 Å². The molecule has 2 aromatic heterocycles. The number of imidazole rings is 1. The third-order valence-electron chi connectivity index (χ3n) is 3.47. The second-order valence-electron chi connectivity index (χ2n) is 4.74. The van der Waals surface area contributed by atoms with E-state index in [1.54, 1.807) is 6.92 Å². The molecule has 1 saturated heterocycles. The number of halogens is 2. The van der Waals surface area contributed by atoms with Gasteiger partial charge in [0.25, 0.3) is 6.43 Å². The quantitative estimate of drug-likeness (QED) is 0.890. The molecule has 108 valence electrons. The lowest BCUT2D eigenvalue weighted by Crippen LogP contribution is -2.22. The summed E-state index contributed by atoms with van der Waals surface area (Å²) in [5.74, 6) is 0.272. The summed E-state index contributed by atoms with van der Waals surface area (Å²) >= 11 is 0. The smallest absolute Gasteiger partial charge is 0.295 e. The molecule has 0 amide bonds. The van der Waals surface area contributed by atoms with Crippen molar-refractivity contribution in [1.82, 2.24) is 24.8 Å². The number of rotatable bonds is 4. The Kier molecular flexibility index (Phi) is 3.47. The average molecular weight is 282 g/mol. The van der Waals surface area contributed by atoms with Gasteiger partial charge in [0.15, 0.2) is 22.8 Å². The lowest BCUT2D eigenvalue weighted by molar-refractivity contribution is 0.136. The maximum absolute atomic E-state index is 13.0. The van der Waals surface area contributed by atoms with E-state index in [1.807, 2.05) is 0 Å². The van der Waals surface area contributed by atoms with Gasteiger partial charge in [-0.05, 0) is 19.9 Å². The summed E-state index contributed by atoms with van der Waals surface area (Å²) in [7, 11) is 0. The molecule has 20 heavy (non-hydrogen) atoms. The summed E-state index contributed by atoms with van der Waals surface area (Å²) in [6, 6.07) is 0.245. The van der Waals surface area contributed by atoms with Gasteiger partial charge in [0.2, 0.25) is 0 Å². The number of alkyl halides is 2. The van der Waals surface area contributed by atoms with E-state index in [2.05, 4.69) is 25.6 Å². The maximum Gasteiger partial charge on any atom is 0.295 e. The van der Waals surface area contributed by atoms with Crippen molar-refractivity contribution in [3.8, 4) is 0 Å². The van der Waals surface area contributed by atoms with Crippen LogP contribution in [0.2, 0.25) is 0 Å². The van der Waals surface area contributed by atoms with Crippen molar-refractivity contribution in [1.29, 1.82) is 0 Å². The molecule has 0 aromatic carbocycles. The lowest BCUT2D eigenvalue weighted by atomic mass is 10.2. The van der Waals surface area contributed by atoms with Crippen LogP contribution in [-0.2, 0) is 6.54 Å². The SMILES string of the molecule is CCn1c(C(F)F)nc2c(N[C@H]3CCNC3)ncnc21. The first-order valence-corrected chi connectivity index (χ1v) is 6.67. The summed E-state index contributed by atoms with van der Waals surface area (Å²) in [5, 5.41) is 6.49. The summed E-state index contributed by atoms with van der Waals surface area (Å²) in [6.45, 7) is 3.97. The van der Waals surface area contributed by atoms with Gasteiger partial charge < -0.3 is 15.2 Å². The van der Waals surface area contributed by atoms with E-state index in [0.717, 1.165) is 19.5 Å². The Labute approximate surface area is 114 Å². The molecule has 0 radical (unpaired) electrons. The Hall–Kier alpha value is -1.83. The van der Waals surface area contributed by atoms with Gasteiger partial charge in [-0.1, -0.05) is 0 Å². The zero-order valence-electron chi connectivity index (χ0n) is 11.1. The van der Waals surface area contributed by atoms with Crippen molar-refractivity contribution in [2.45, 2.75) is 32.4 Å². The number of nitrogens with zero attached hydrogens (tertiary/aromatic N) is 4. The topological polar surface area (TPSA) is 67.7 Å². The average Bonchev–Trinajstić information content (AvgIpc) is 3.05. The number of fused-ring (bicyclic) bond motifs is 1. The number of nitrogens with one attached hydrogen (secondary N) is 2. The second-order valence-corrected chi connectivity index (χ2v) is 4.74. The van der Waals surface area contributed by atoms with Crippen LogP contribution in [0, 0.1) is 0 Å². The van der Waals surface area contributed by atoms with Crippen LogP contribution < -0.4 is 10.6 Å². The molecule has 3 heterocycles. The Morgan fingerprint density at radius 2 is 2.35 bits per heavy atom. The highest BCUT2D eigenvalue weighted by molar-refractivity contribution is 5.83. The van der Waals surface area contributed by atoms with Gasteiger partial charge in [-0.3, -0.25) is 0 Å². The monoisotopic (exact) mass is 282 g/mol. The van der Waals surface area contributed by atoms with Crippen molar-refractivity contribution >= 4 is 17.0 Å². The van der Waals surface area contributed by atoms with Crippen molar-refractivity contribution in [3.63, 3.8) is 0 Å². The molecule has 1 aliphatic rings. The van der Waals surface area contributed by atoms with E-state index in [1.165, 1.54) is 10.9 Å². The molecule has 0 spiro atoms. The third-order valence-corrected chi connectivity index (χ3v) is 3.47. The summed E-state index contributed by atoms with van der Waals surface area (Å²) in [5.41, 5.74) is 0.864. The molecule has 3 rings (SSSR count). The minimum Gasteiger partial charge on any atom is -0.364 e. The number of aromatic nitrogens is 4. The molecule has 1 aliphatic heterocycles. The van der Waals surface area contributed by atoms with Crippen molar-refractivity contribution in [2.24, 2.45) is 0 Å². The van der Waals surface area contributed by atoms with E-state index in [-0.39, 0.29) is 11.9 Å². The highest BCUT2D eigenvalue weighted by Crippen LogP contribution is 2.26. The van der Waals surface area contributed by atoms with E-state index in [0.29, 0.717) is 23.5 Å². The molecule has 1 atom stereocenters. The second kappa shape index (κ2) is 5.28. The normalized spacial score (nSPS) is 19.1. The van der Waals surface area contributed by atoms with Crippen LogP contribution in [0.5, 0.6) is 0 Å². The van der Waals surface area contributed by atoms with Crippen LogP contribution >= 0.6 is 0 Å². The van der Waals surface area contributed by atoms with Gasteiger partial charge in [0.05, 0.1) is 0 Å². The first kappa shape index (κ1) is 13.2. The molecule has 8 heteroatoms. The number of anilines is 1. The van der Waals surface area contributed by atoms with Crippen LogP contribution in [0.1, 0.15) is 25.6 Å². The van der Waals surface area contributed by atoms with Crippen LogP contribution in [-0.4, -0.2) is 38.7 Å². The Morgan fingerprint density at radius 3 is 3.00 bits per heavy atom. The Bertz CT molecular complexity index is 605. The molecule has 2 N–H and O–H groups in total. The molecule has 0 unspecified atom stereocenters. The van der Waals surface area contributed by atoms with E-state index < -0.39 is 6.43 Å². The number of aryl methyl sites for hydroxylation is 1. The summed E-state index contributed by atoms with van der Waals surface area (Å²) in [6.07, 6.45) is -0.261. The zero-order chi connectivity index (χ0) is 14.1. The van der Waals surface area contributed by atoms with Gasteiger partial charge in [-0.2, -0.15) is 0 Å². The molecular formula is C12H16F2N6. The minimum atomic E-state index is -2.62. The van der Waals surface area contributed by atoms with Crippen molar-refractivity contribution in [2.75, 3.05) is 18.4 Å². The molecule has 0 aliphatic carbocycles. The Morgan fingerprint density at radius 1 is 1.50 bits per heavy atom. The largest absolute Gasteiger partial charge is 0.364 e. The van der Waals surface area contributed by atoms with Gasteiger partial charge in [0.1, 0.15) is 6.33 Å². The van der Waals surface area contributed by atoms with Gasteiger partial charge in [-0.15, -0.1) is 0 Å². The van der Waals surface area contributed by atoms with Crippen LogP contribution in [0.25, 0.3) is 11.2 Å². The van der Waals surface area contributed by atoms with Crippen LogP contribution in [0.3, 0.4) is 0 Å². The first-order valence-electron chi connectivity index (χ1n) is 6.67. The molecule has 6 nitrogen and oxygen atoms in total. The lowest BCUT2D eigenvalue weighted by Gasteiger charge is -2.11. The van der Waals surface area contributed by atoms with E-state index in [4.69, 9.17) is 0 Å². The fourth-order valence-corrected chi connectivity index (χ4v) is 2.51. The van der Waals surface area contributed by atoms with Gasteiger partial charge in [-0.25, -0.2) is 23.7 Å². The van der Waals surface area contributed by atoms with Gasteiger partial charge in [0, 0.05) is 19.1 Å². The predicted octanol–water partition coefficient (Wildman–Crippen LogP) is 1.56. The molecule has 2 aromatic rings. The fourth-order valence-electron chi connectivity index (χ4n) is 2.51. The van der Waals surface area contributed by atoms with Crippen molar-refractivity contribution in [3.05, 3.63) is 12.2 Å². The number of hydrogen-bond donors (Lipinski definition) is 2. The predicted molar refractivity (Wildman–Crippen MR) is 70.9 cm³/mol. The van der Waals surface area contributed by atoms with Gasteiger partial charge >= 0.3 is 0 Å². The molecule has 0 saturated carbocycles. The summed E-state index contributed by atoms with van der Waals surface area (Å²) < 4.78 is 27.5. The summed E-state index contributed by atoms with van der Waals surface area (Å²) in [4.78, 5) is 12.3. The Balaban J connectivity index is 2.04. The zero-order valence-corrected chi connectivity index (χ0v) is 11.1. The highest BCUT2D eigenvalue weighted by Gasteiger charge is 2.22.